The molecule has 62 heavy (non-hydrogen) atoms. The van der Waals surface area contributed by atoms with E-state index in [1.165, 1.54) is 55.3 Å². The second-order valence-corrected chi connectivity index (χ2v) is 16.2. The first-order valence-electron chi connectivity index (χ1n) is 21.4. The van der Waals surface area contributed by atoms with Gasteiger partial charge in [0.25, 0.3) is 0 Å². The zero-order valence-corrected chi connectivity index (χ0v) is 34.0. The molecule has 1 unspecified atom stereocenters. The minimum absolute atomic E-state index is 0.431. The molecule has 0 radical (unpaired) electrons. The number of hydrogen-bond acceptors (Lipinski definition) is 3. The van der Waals surface area contributed by atoms with Crippen molar-refractivity contribution in [1.82, 2.24) is 19.5 Å². The zero-order chi connectivity index (χ0) is 41.0. The highest BCUT2D eigenvalue weighted by Crippen LogP contribution is 2.59. The number of benzene rings is 7. The highest BCUT2D eigenvalue weighted by molar-refractivity contribution is 6.11. The van der Waals surface area contributed by atoms with Gasteiger partial charge >= 0.3 is 0 Å². The first-order valence-corrected chi connectivity index (χ1v) is 21.4. The third-order valence-electron chi connectivity index (χ3n) is 12.9. The second kappa shape index (κ2) is 14.6. The van der Waals surface area contributed by atoms with E-state index in [1.807, 2.05) is 30.5 Å². The van der Waals surface area contributed by atoms with Crippen LogP contribution in [0.2, 0.25) is 0 Å². The minimum atomic E-state index is -0.431. The molecular formula is C58H40N4. The molecule has 1 atom stereocenters. The van der Waals surface area contributed by atoms with Crippen LogP contribution in [0.3, 0.4) is 0 Å². The molecule has 0 aliphatic heterocycles. The van der Waals surface area contributed by atoms with Gasteiger partial charge in [-0.1, -0.05) is 164 Å². The Morgan fingerprint density at radius 3 is 2.00 bits per heavy atom. The van der Waals surface area contributed by atoms with Crippen molar-refractivity contribution < 1.29 is 0 Å². The number of aromatic nitrogens is 4. The molecule has 0 spiro atoms. The lowest BCUT2D eigenvalue weighted by Crippen LogP contribution is -2.30. The number of nitrogens with zero attached hydrogens (tertiary/aromatic N) is 4. The SMILES string of the molecule is C1=CC2=C(CC1)C(c1ccccc1)(c1cccnc1)c1cccc(-c3ccc4c(c3)c3ccccc3n4-c3cccc(-c4cc(-c5ccccc5)nc(-c5ccccc5)n4)c3)c12. The van der Waals surface area contributed by atoms with Crippen LogP contribution in [-0.2, 0) is 5.41 Å². The van der Waals surface area contributed by atoms with E-state index < -0.39 is 5.41 Å². The second-order valence-electron chi connectivity index (χ2n) is 16.2. The highest BCUT2D eigenvalue weighted by Gasteiger charge is 2.48. The fraction of sp³-hybridized carbons (Fsp3) is 0.0517. The Hall–Kier alpha value is -7.95. The molecular weight excluding hydrogens is 753 g/mol. The van der Waals surface area contributed by atoms with Gasteiger partial charge in [-0.25, -0.2) is 9.97 Å². The Labute approximate surface area is 360 Å². The van der Waals surface area contributed by atoms with E-state index in [0.717, 1.165) is 57.6 Å². The van der Waals surface area contributed by atoms with Crippen LogP contribution < -0.4 is 0 Å². The van der Waals surface area contributed by atoms with Crippen LogP contribution in [-0.4, -0.2) is 19.5 Å². The van der Waals surface area contributed by atoms with E-state index in [2.05, 4.69) is 198 Å². The average Bonchev–Trinajstić information content (AvgIpc) is 3.86. The molecule has 0 N–H and O–H groups in total. The highest BCUT2D eigenvalue weighted by atomic mass is 15.0. The first kappa shape index (κ1) is 35.9. The molecule has 0 bridgehead atoms. The lowest BCUT2D eigenvalue weighted by molar-refractivity contribution is 0.693. The standard InChI is InChI=1S/C58H40N4/c1-4-17-39(18-5-1)52-37-53(61-57(60-52)40-19-6-2-7-20-40)42-21-14-25-45(35-42)62-54-31-13-11-26-47(54)49-36-41(32-33-55(49)62)46-28-15-30-51-56(46)48-27-10-12-29-50(48)58(51,43-22-8-3-9-23-43)44-24-16-34-59-38-44/h1-11,13-28,30-38H,12,29H2. The quantitative estimate of drug-likeness (QED) is 0.161. The van der Waals surface area contributed by atoms with Crippen molar-refractivity contribution >= 4 is 27.4 Å². The van der Waals surface area contributed by atoms with E-state index in [0.29, 0.717) is 5.82 Å². The molecule has 12 rings (SSSR count). The smallest absolute Gasteiger partial charge is 0.160 e. The van der Waals surface area contributed by atoms with E-state index in [1.54, 1.807) is 0 Å². The van der Waals surface area contributed by atoms with Crippen LogP contribution in [0.15, 0.2) is 224 Å². The molecule has 0 amide bonds. The van der Waals surface area contributed by atoms with E-state index >= 15 is 0 Å². The summed E-state index contributed by atoms with van der Waals surface area (Å²) >= 11 is 0. The summed E-state index contributed by atoms with van der Waals surface area (Å²) in [5, 5.41) is 2.43. The summed E-state index contributed by atoms with van der Waals surface area (Å²) in [4.78, 5) is 14.9. The van der Waals surface area contributed by atoms with Crippen LogP contribution in [0.1, 0.15) is 35.1 Å². The van der Waals surface area contributed by atoms with Crippen molar-refractivity contribution in [2.24, 2.45) is 0 Å². The molecule has 3 heterocycles. The zero-order valence-electron chi connectivity index (χ0n) is 34.0. The summed E-state index contributed by atoms with van der Waals surface area (Å²) < 4.78 is 2.40. The van der Waals surface area contributed by atoms with Crippen molar-refractivity contribution in [3.8, 4) is 50.7 Å². The summed E-state index contributed by atoms with van der Waals surface area (Å²) in [6, 6.07) is 69.6. The number of para-hydroxylation sites is 1. The Morgan fingerprint density at radius 1 is 0.500 bits per heavy atom. The van der Waals surface area contributed by atoms with Gasteiger partial charge in [-0.3, -0.25) is 4.98 Å². The maximum atomic E-state index is 5.17. The van der Waals surface area contributed by atoms with Gasteiger partial charge in [-0.2, -0.15) is 0 Å². The molecule has 4 nitrogen and oxygen atoms in total. The Balaban J connectivity index is 1.03. The van der Waals surface area contributed by atoms with E-state index in [4.69, 9.17) is 9.97 Å². The maximum Gasteiger partial charge on any atom is 0.160 e. The molecule has 7 aromatic carbocycles. The molecule has 4 heteroatoms. The largest absolute Gasteiger partial charge is 0.309 e. The van der Waals surface area contributed by atoms with Gasteiger partial charge in [-0.05, 0) is 99.8 Å². The van der Waals surface area contributed by atoms with Gasteiger partial charge in [0.2, 0.25) is 0 Å². The Kier molecular flexibility index (Phi) is 8.49. The number of rotatable bonds is 7. The van der Waals surface area contributed by atoms with Crippen LogP contribution >= 0.6 is 0 Å². The summed E-state index contributed by atoms with van der Waals surface area (Å²) in [7, 11) is 0. The summed E-state index contributed by atoms with van der Waals surface area (Å²) in [6.07, 6.45) is 10.7. The maximum absolute atomic E-state index is 5.17. The molecule has 2 aliphatic rings. The average molecular weight is 793 g/mol. The number of fused-ring (bicyclic) bond motifs is 5. The molecule has 0 saturated heterocycles. The monoisotopic (exact) mass is 792 g/mol. The third kappa shape index (κ3) is 5.64. The van der Waals surface area contributed by atoms with Crippen LogP contribution in [0, 0.1) is 0 Å². The van der Waals surface area contributed by atoms with Crippen LogP contribution in [0.25, 0.3) is 78.1 Å². The summed E-state index contributed by atoms with van der Waals surface area (Å²) in [6.45, 7) is 0. The Morgan fingerprint density at radius 2 is 1.19 bits per heavy atom. The van der Waals surface area contributed by atoms with E-state index in [-0.39, 0.29) is 0 Å². The predicted octanol–water partition coefficient (Wildman–Crippen LogP) is 14.1. The van der Waals surface area contributed by atoms with Crippen molar-refractivity contribution in [3.63, 3.8) is 0 Å². The molecule has 0 saturated carbocycles. The topological polar surface area (TPSA) is 43.6 Å². The molecule has 3 aromatic heterocycles. The van der Waals surface area contributed by atoms with Crippen molar-refractivity contribution in [1.29, 1.82) is 0 Å². The number of hydrogen-bond donors (Lipinski definition) is 0. The minimum Gasteiger partial charge on any atom is -0.309 e. The summed E-state index contributed by atoms with van der Waals surface area (Å²) in [5.41, 5.74) is 18.2. The van der Waals surface area contributed by atoms with Gasteiger partial charge < -0.3 is 4.57 Å². The molecule has 10 aromatic rings. The van der Waals surface area contributed by atoms with Crippen molar-refractivity contribution in [3.05, 3.63) is 246 Å². The van der Waals surface area contributed by atoms with Gasteiger partial charge in [-0.15, -0.1) is 0 Å². The van der Waals surface area contributed by atoms with Gasteiger partial charge in [0.15, 0.2) is 5.82 Å². The van der Waals surface area contributed by atoms with Gasteiger partial charge in [0.1, 0.15) is 0 Å². The number of allylic oxidation sites excluding steroid dienone is 4. The molecule has 0 fully saturated rings. The predicted molar refractivity (Wildman–Crippen MR) is 254 cm³/mol. The van der Waals surface area contributed by atoms with Gasteiger partial charge in [0.05, 0.1) is 27.8 Å². The summed E-state index contributed by atoms with van der Waals surface area (Å²) in [5.74, 6) is 0.706. The first-order chi connectivity index (χ1) is 30.8. The number of pyridine rings is 1. The molecule has 292 valence electrons. The lowest BCUT2D eigenvalue weighted by atomic mass is 9.66. The van der Waals surface area contributed by atoms with Crippen molar-refractivity contribution in [2.45, 2.75) is 18.3 Å². The van der Waals surface area contributed by atoms with Crippen LogP contribution in [0.5, 0.6) is 0 Å². The fourth-order valence-electron chi connectivity index (χ4n) is 10.2. The Bertz CT molecular complexity index is 3290. The normalized spacial score (nSPS) is 15.5. The van der Waals surface area contributed by atoms with E-state index in [9.17, 15) is 0 Å². The molecule has 2 aliphatic carbocycles. The van der Waals surface area contributed by atoms with Crippen LogP contribution in [0.4, 0.5) is 0 Å². The third-order valence-corrected chi connectivity index (χ3v) is 12.9. The lowest BCUT2D eigenvalue weighted by Gasteiger charge is -2.36. The van der Waals surface area contributed by atoms with Gasteiger partial charge in [0, 0.05) is 45.5 Å². The fourth-order valence-corrected chi connectivity index (χ4v) is 10.2. The van der Waals surface area contributed by atoms with Crippen molar-refractivity contribution in [2.75, 3.05) is 0 Å².